The van der Waals surface area contributed by atoms with Gasteiger partial charge in [-0.2, -0.15) is 0 Å². The number of hydrogen-bond donors (Lipinski definition) is 0. The Morgan fingerprint density at radius 1 is 1.88 bits per heavy atom. The summed E-state index contributed by atoms with van der Waals surface area (Å²) >= 11 is -0.601. The van der Waals surface area contributed by atoms with Crippen LogP contribution in [0.3, 0.4) is 0 Å². The average Bonchev–Trinajstić information content (AvgIpc) is 1.77. The van der Waals surface area contributed by atoms with Crippen molar-refractivity contribution in [3.63, 3.8) is 0 Å². The van der Waals surface area contributed by atoms with Crippen LogP contribution in [0.4, 0.5) is 4.79 Å². The summed E-state index contributed by atoms with van der Waals surface area (Å²) in [6, 6.07) is 0. The van der Waals surface area contributed by atoms with Crippen molar-refractivity contribution in [2.75, 3.05) is 20.2 Å². The second-order valence-electron chi connectivity index (χ2n) is 1.56. The first-order valence-electron chi connectivity index (χ1n) is 2.32. The molecule has 0 radical (unpaired) electrons. The van der Waals surface area contributed by atoms with Crippen LogP contribution in [0.5, 0.6) is 0 Å². The molecule has 0 spiro atoms. The van der Waals surface area contributed by atoms with Gasteiger partial charge in [0, 0.05) is 0 Å². The summed E-state index contributed by atoms with van der Waals surface area (Å²) in [5, 5.41) is 0. The molecular formula is C4H7INO2-. The van der Waals surface area contributed by atoms with Crippen molar-refractivity contribution in [2.24, 2.45) is 0 Å². The van der Waals surface area contributed by atoms with E-state index in [0.29, 0.717) is 0 Å². The van der Waals surface area contributed by atoms with Crippen molar-refractivity contribution in [1.82, 2.24) is 4.90 Å². The Balaban J connectivity index is 2.39. The standard InChI is InChI=1S/C4H7INO2/c1-6-2-3-8-5-4(6)7/h2-3H2,1H3/q-1. The zero-order valence-corrected chi connectivity index (χ0v) is 6.71. The van der Waals surface area contributed by atoms with E-state index in [0.717, 1.165) is 13.2 Å². The number of rotatable bonds is 0. The Morgan fingerprint density at radius 3 is 3.00 bits per heavy atom. The first-order valence-corrected chi connectivity index (χ1v) is 4.28. The number of amides is 1. The third-order valence-electron chi connectivity index (χ3n) is 0.925. The fourth-order valence-electron chi connectivity index (χ4n) is 0.403. The third kappa shape index (κ3) is 1.32. The van der Waals surface area contributed by atoms with Crippen LogP contribution in [0.2, 0.25) is 0 Å². The maximum atomic E-state index is 10.6. The SMILES string of the molecule is CN1CCO[I-]C1=O. The van der Waals surface area contributed by atoms with Gasteiger partial charge in [-0.3, -0.25) is 0 Å². The monoisotopic (exact) mass is 228 g/mol. The van der Waals surface area contributed by atoms with Gasteiger partial charge >= 0.3 is 58.5 Å². The van der Waals surface area contributed by atoms with E-state index in [1.807, 2.05) is 7.05 Å². The molecule has 1 saturated heterocycles. The second kappa shape index (κ2) is 2.63. The molecule has 0 aromatic heterocycles. The van der Waals surface area contributed by atoms with Crippen LogP contribution in [0.25, 0.3) is 0 Å². The third-order valence-corrected chi connectivity index (χ3v) is 2.88. The molecule has 0 atom stereocenters. The molecule has 0 N–H and O–H groups in total. The molecule has 0 aromatic carbocycles. The molecule has 0 aromatic rings. The molecule has 8 heavy (non-hydrogen) atoms. The van der Waals surface area contributed by atoms with E-state index in [1.165, 1.54) is 0 Å². The number of carbonyl (C=O) groups excluding carboxylic acids is 1. The van der Waals surface area contributed by atoms with Crippen molar-refractivity contribution < 1.29 is 29.5 Å². The first kappa shape index (κ1) is 6.28. The molecule has 1 aliphatic heterocycles. The van der Waals surface area contributed by atoms with Crippen LogP contribution in [-0.4, -0.2) is 29.0 Å². The van der Waals surface area contributed by atoms with Crippen molar-refractivity contribution in [2.45, 2.75) is 0 Å². The van der Waals surface area contributed by atoms with Gasteiger partial charge in [-0.1, -0.05) is 0 Å². The molecule has 1 heterocycles. The predicted molar refractivity (Wildman–Crippen MR) is 24.0 cm³/mol. The number of likely N-dealkylation sites (N-methyl/N-ethyl adjacent to an activating group) is 1. The average molecular weight is 228 g/mol. The first-order chi connectivity index (χ1) is 3.80. The van der Waals surface area contributed by atoms with Crippen LogP contribution in [0.1, 0.15) is 0 Å². The molecular weight excluding hydrogens is 221 g/mol. The van der Waals surface area contributed by atoms with Gasteiger partial charge in [0.05, 0.1) is 0 Å². The molecule has 1 fully saturated rings. The maximum absolute atomic E-state index is 10.6. The van der Waals surface area contributed by atoms with Crippen molar-refractivity contribution in [3.05, 3.63) is 0 Å². The molecule has 0 saturated carbocycles. The van der Waals surface area contributed by atoms with Crippen molar-refractivity contribution in [1.29, 1.82) is 0 Å². The minimum atomic E-state index is -0.601. The van der Waals surface area contributed by atoms with Crippen LogP contribution in [0, 0.1) is 0 Å². The Kier molecular flexibility index (Phi) is 2.07. The Morgan fingerprint density at radius 2 is 2.62 bits per heavy atom. The Hall–Kier alpha value is 0.160. The van der Waals surface area contributed by atoms with Gasteiger partial charge in [0.25, 0.3) is 0 Å². The molecule has 0 aliphatic carbocycles. The number of carbonyl (C=O) groups is 1. The molecule has 1 aliphatic rings. The summed E-state index contributed by atoms with van der Waals surface area (Å²) < 4.78 is 5.16. The van der Waals surface area contributed by atoms with Crippen molar-refractivity contribution in [3.8, 4) is 0 Å². The molecule has 4 heteroatoms. The summed E-state index contributed by atoms with van der Waals surface area (Å²) in [6.45, 7) is 1.49. The number of halogens is 1. The molecule has 0 bridgehead atoms. The molecule has 48 valence electrons. The topological polar surface area (TPSA) is 29.5 Å². The van der Waals surface area contributed by atoms with Crippen LogP contribution >= 0.6 is 0 Å². The van der Waals surface area contributed by atoms with Gasteiger partial charge in [-0.05, 0) is 0 Å². The van der Waals surface area contributed by atoms with Crippen LogP contribution in [-0.2, 0) is 3.07 Å². The fraction of sp³-hybridized carbons (Fsp3) is 0.750. The van der Waals surface area contributed by atoms with E-state index in [1.54, 1.807) is 4.90 Å². The van der Waals surface area contributed by atoms with Gasteiger partial charge in [0.1, 0.15) is 0 Å². The number of nitrogens with zero attached hydrogens (tertiary/aromatic N) is 1. The second-order valence-corrected chi connectivity index (χ2v) is 3.55. The summed E-state index contributed by atoms with van der Waals surface area (Å²) in [5.74, 6) is 0. The summed E-state index contributed by atoms with van der Waals surface area (Å²) in [6.07, 6.45) is 0. The van der Waals surface area contributed by atoms with Gasteiger partial charge in [0.15, 0.2) is 0 Å². The zero-order valence-electron chi connectivity index (χ0n) is 4.56. The summed E-state index contributed by atoms with van der Waals surface area (Å²) in [5.41, 5.74) is 0. The van der Waals surface area contributed by atoms with E-state index >= 15 is 0 Å². The van der Waals surface area contributed by atoms with Gasteiger partial charge in [0.2, 0.25) is 0 Å². The van der Waals surface area contributed by atoms with E-state index in [-0.39, 0.29) is 3.91 Å². The van der Waals surface area contributed by atoms with E-state index < -0.39 is 21.6 Å². The number of hydrogen-bond acceptors (Lipinski definition) is 2. The molecule has 1 rings (SSSR count). The minimum absolute atomic E-state index is 0.190. The molecule has 0 unspecified atom stereocenters. The normalized spacial score (nSPS) is 22.6. The Bertz CT molecular complexity index is 106. The Labute approximate surface area is 58.8 Å². The predicted octanol–water partition coefficient (Wildman–Crippen LogP) is -2.93. The van der Waals surface area contributed by atoms with Crippen LogP contribution < -0.4 is 21.6 Å². The van der Waals surface area contributed by atoms with Gasteiger partial charge < -0.3 is 0 Å². The van der Waals surface area contributed by atoms with Gasteiger partial charge in [-0.25, -0.2) is 0 Å². The van der Waals surface area contributed by atoms with E-state index in [9.17, 15) is 4.79 Å². The van der Waals surface area contributed by atoms with Crippen LogP contribution in [0.15, 0.2) is 0 Å². The quantitative estimate of drug-likeness (QED) is 0.252. The summed E-state index contributed by atoms with van der Waals surface area (Å²) in [4.78, 5) is 12.4. The van der Waals surface area contributed by atoms with E-state index in [4.69, 9.17) is 3.07 Å². The summed E-state index contributed by atoms with van der Waals surface area (Å²) in [7, 11) is 1.81. The fourth-order valence-corrected chi connectivity index (χ4v) is 1.66. The molecule has 1 amide bonds. The van der Waals surface area contributed by atoms with Crippen molar-refractivity contribution >= 4 is 3.91 Å². The zero-order chi connectivity index (χ0) is 5.98. The molecule has 3 nitrogen and oxygen atoms in total. The van der Waals surface area contributed by atoms with E-state index in [2.05, 4.69) is 0 Å². The van der Waals surface area contributed by atoms with Gasteiger partial charge in [-0.15, -0.1) is 0 Å².